The van der Waals surface area contributed by atoms with Crippen LogP contribution in [0.15, 0.2) is 12.1 Å². The fourth-order valence-electron chi connectivity index (χ4n) is 0.946. The number of hydrogen-bond acceptors (Lipinski definition) is 4. The predicted molar refractivity (Wildman–Crippen MR) is 55.6 cm³/mol. The predicted octanol–water partition coefficient (Wildman–Crippen LogP) is 1.73. The Morgan fingerprint density at radius 3 is 2.86 bits per heavy atom. The second-order valence-corrected chi connectivity index (χ2v) is 3.14. The quantitative estimate of drug-likeness (QED) is 0.602. The van der Waals surface area contributed by atoms with E-state index in [9.17, 15) is 0 Å². The van der Waals surface area contributed by atoms with E-state index in [1.54, 1.807) is 19.2 Å². The molecule has 1 rings (SSSR count). The molecular formula is C9H13ClN2O2. The van der Waals surface area contributed by atoms with Gasteiger partial charge in [0.1, 0.15) is 5.15 Å². The molecule has 14 heavy (non-hydrogen) atoms. The summed E-state index contributed by atoms with van der Waals surface area (Å²) in [6.07, 6.45) is 0.810. The van der Waals surface area contributed by atoms with Crippen molar-refractivity contribution in [3.8, 4) is 5.88 Å². The first-order chi connectivity index (χ1) is 6.72. The molecule has 0 aliphatic carbocycles. The third-order valence-corrected chi connectivity index (χ3v) is 1.73. The van der Waals surface area contributed by atoms with Crippen LogP contribution < -0.4 is 10.5 Å². The first-order valence-electron chi connectivity index (χ1n) is 4.27. The summed E-state index contributed by atoms with van der Waals surface area (Å²) in [5.41, 5.74) is 6.11. The van der Waals surface area contributed by atoms with Gasteiger partial charge in [0.15, 0.2) is 0 Å². The van der Waals surface area contributed by atoms with Crippen LogP contribution in [-0.4, -0.2) is 25.3 Å². The van der Waals surface area contributed by atoms with Crippen LogP contribution in [0.3, 0.4) is 0 Å². The Hall–Kier alpha value is -1.00. The van der Waals surface area contributed by atoms with Crippen LogP contribution in [0.1, 0.15) is 6.42 Å². The number of nitrogen functional groups attached to an aromatic ring is 1. The first-order valence-corrected chi connectivity index (χ1v) is 4.65. The summed E-state index contributed by atoms with van der Waals surface area (Å²) in [5.74, 6) is 0.450. The molecule has 78 valence electrons. The van der Waals surface area contributed by atoms with Crippen molar-refractivity contribution in [1.29, 1.82) is 0 Å². The first kappa shape index (κ1) is 11.1. The molecule has 0 radical (unpaired) electrons. The van der Waals surface area contributed by atoms with E-state index in [0.717, 1.165) is 6.42 Å². The van der Waals surface area contributed by atoms with Gasteiger partial charge in [0.2, 0.25) is 5.88 Å². The van der Waals surface area contributed by atoms with Gasteiger partial charge in [0, 0.05) is 31.9 Å². The number of nitrogens with zero attached hydrogens (tertiary/aromatic N) is 1. The summed E-state index contributed by atoms with van der Waals surface area (Å²) < 4.78 is 10.2. The highest BCUT2D eigenvalue weighted by Crippen LogP contribution is 2.17. The third-order valence-electron chi connectivity index (χ3n) is 1.54. The van der Waals surface area contributed by atoms with Crippen LogP contribution in [0.25, 0.3) is 0 Å². The second-order valence-electron chi connectivity index (χ2n) is 2.76. The maximum Gasteiger partial charge on any atom is 0.216 e. The van der Waals surface area contributed by atoms with Crippen LogP contribution in [0.2, 0.25) is 5.15 Å². The molecule has 0 fully saturated rings. The molecule has 0 spiro atoms. The smallest absolute Gasteiger partial charge is 0.216 e. The highest BCUT2D eigenvalue weighted by atomic mass is 35.5. The number of anilines is 1. The third kappa shape index (κ3) is 3.81. The minimum Gasteiger partial charge on any atom is -0.477 e. The van der Waals surface area contributed by atoms with Crippen molar-refractivity contribution in [2.75, 3.05) is 26.1 Å². The molecule has 4 nitrogen and oxygen atoms in total. The van der Waals surface area contributed by atoms with E-state index >= 15 is 0 Å². The highest BCUT2D eigenvalue weighted by molar-refractivity contribution is 6.29. The lowest BCUT2D eigenvalue weighted by Gasteiger charge is -2.05. The zero-order chi connectivity index (χ0) is 10.4. The van der Waals surface area contributed by atoms with Gasteiger partial charge >= 0.3 is 0 Å². The summed E-state index contributed by atoms with van der Waals surface area (Å²) in [6, 6.07) is 3.21. The number of nitrogens with two attached hydrogens (primary N) is 1. The lowest BCUT2D eigenvalue weighted by Crippen LogP contribution is -2.03. The number of rotatable bonds is 5. The maximum absolute atomic E-state index is 5.69. The van der Waals surface area contributed by atoms with E-state index in [1.165, 1.54) is 0 Å². The van der Waals surface area contributed by atoms with Crippen LogP contribution >= 0.6 is 11.6 Å². The van der Waals surface area contributed by atoms with Gasteiger partial charge in [-0.3, -0.25) is 0 Å². The molecule has 0 saturated carbocycles. The molecule has 0 saturated heterocycles. The van der Waals surface area contributed by atoms with Crippen LogP contribution in [0, 0.1) is 0 Å². The number of pyridine rings is 1. The topological polar surface area (TPSA) is 57.4 Å². The molecule has 0 amide bonds. The number of hydrogen-bond donors (Lipinski definition) is 1. The summed E-state index contributed by atoms with van der Waals surface area (Å²) >= 11 is 5.69. The lowest BCUT2D eigenvalue weighted by atomic mass is 10.4. The van der Waals surface area contributed by atoms with Gasteiger partial charge in [-0.2, -0.15) is 0 Å². The van der Waals surface area contributed by atoms with Gasteiger partial charge in [-0.15, -0.1) is 0 Å². The Morgan fingerprint density at radius 1 is 1.43 bits per heavy atom. The van der Waals surface area contributed by atoms with Gasteiger partial charge in [-0.25, -0.2) is 4.98 Å². The normalized spacial score (nSPS) is 10.1. The standard InChI is InChI=1S/C9H13ClN2O2/c1-13-3-2-4-14-9-6-7(11)5-8(10)12-9/h5-6H,2-4H2,1H3,(H2,11,12). The molecule has 0 aliphatic rings. The summed E-state index contributed by atoms with van der Waals surface area (Å²) in [4.78, 5) is 3.95. The van der Waals surface area contributed by atoms with Crippen molar-refractivity contribution in [3.05, 3.63) is 17.3 Å². The van der Waals surface area contributed by atoms with Crippen molar-refractivity contribution < 1.29 is 9.47 Å². The molecule has 0 unspecified atom stereocenters. The van der Waals surface area contributed by atoms with Crippen molar-refractivity contribution in [1.82, 2.24) is 4.98 Å². The van der Waals surface area contributed by atoms with Gasteiger partial charge in [-0.1, -0.05) is 11.6 Å². The summed E-state index contributed by atoms with van der Waals surface area (Å²) in [6.45, 7) is 1.21. The minimum absolute atomic E-state index is 0.340. The summed E-state index contributed by atoms with van der Waals surface area (Å²) in [7, 11) is 1.65. The van der Waals surface area contributed by atoms with Crippen molar-refractivity contribution in [3.63, 3.8) is 0 Å². The zero-order valence-electron chi connectivity index (χ0n) is 8.00. The van der Waals surface area contributed by atoms with Gasteiger partial charge in [0.25, 0.3) is 0 Å². The molecule has 0 atom stereocenters. The Bertz CT molecular complexity index is 274. The average Bonchev–Trinajstić information content (AvgIpc) is 2.11. The van der Waals surface area contributed by atoms with Crippen molar-refractivity contribution in [2.45, 2.75) is 6.42 Å². The second kappa shape index (κ2) is 5.67. The number of aromatic nitrogens is 1. The van der Waals surface area contributed by atoms with Gasteiger partial charge in [-0.05, 0) is 6.07 Å². The minimum atomic E-state index is 0.340. The molecule has 0 aromatic carbocycles. The Morgan fingerprint density at radius 2 is 2.21 bits per heavy atom. The fourth-order valence-corrected chi connectivity index (χ4v) is 1.15. The van der Waals surface area contributed by atoms with Gasteiger partial charge < -0.3 is 15.2 Å². The molecule has 1 aromatic rings. The molecule has 0 bridgehead atoms. The van der Waals surface area contributed by atoms with Crippen molar-refractivity contribution >= 4 is 17.3 Å². The van der Waals surface area contributed by atoms with Gasteiger partial charge in [0.05, 0.1) is 6.61 Å². The zero-order valence-corrected chi connectivity index (χ0v) is 8.75. The van der Waals surface area contributed by atoms with E-state index in [-0.39, 0.29) is 0 Å². The lowest BCUT2D eigenvalue weighted by molar-refractivity contribution is 0.170. The molecule has 0 aliphatic heterocycles. The Balaban J connectivity index is 2.42. The number of ether oxygens (including phenoxy) is 2. The van der Waals surface area contributed by atoms with Crippen molar-refractivity contribution in [2.24, 2.45) is 0 Å². The van der Waals surface area contributed by atoms with Crippen LogP contribution in [0.4, 0.5) is 5.69 Å². The van der Waals surface area contributed by atoms with Crippen LogP contribution in [0.5, 0.6) is 5.88 Å². The summed E-state index contributed by atoms with van der Waals surface area (Å²) in [5, 5.41) is 0.340. The SMILES string of the molecule is COCCCOc1cc(N)cc(Cl)n1. The van der Waals surface area contributed by atoms with E-state index < -0.39 is 0 Å². The highest BCUT2D eigenvalue weighted by Gasteiger charge is 1.99. The number of methoxy groups -OCH3 is 1. The fraction of sp³-hybridized carbons (Fsp3) is 0.444. The van der Waals surface area contributed by atoms with E-state index in [2.05, 4.69) is 4.98 Å². The van der Waals surface area contributed by atoms with Crippen LogP contribution in [-0.2, 0) is 4.74 Å². The molecule has 2 N–H and O–H groups in total. The molecule has 5 heteroatoms. The number of halogens is 1. The maximum atomic E-state index is 5.69. The van der Waals surface area contributed by atoms with E-state index in [4.69, 9.17) is 26.8 Å². The monoisotopic (exact) mass is 216 g/mol. The Labute approximate surface area is 88.0 Å². The molecule has 1 aromatic heterocycles. The van der Waals surface area contributed by atoms with E-state index in [0.29, 0.717) is 29.9 Å². The largest absolute Gasteiger partial charge is 0.477 e. The molecule has 1 heterocycles. The average molecular weight is 217 g/mol. The molecular weight excluding hydrogens is 204 g/mol. The van der Waals surface area contributed by atoms with E-state index in [1.807, 2.05) is 0 Å². The Kier molecular flexibility index (Phi) is 4.49.